The molecule has 1 saturated heterocycles. The summed E-state index contributed by atoms with van der Waals surface area (Å²) in [5.41, 5.74) is 2.57. The quantitative estimate of drug-likeness (QED) is 0.763. The van der Waals surface area contributed by atoms with E-state index in [2.05, 4.69) is 15.6 Å². The topological polar surface area (TPSA) is 71.1 Å². The molecule has 2 amide bonds. The van der Waals surface area contributed by atoms with Gasteiger partial charge in [-0.25, -0.2) is 4.98 Å². The van der Waals surface area contributed by atoms with Crippen LogP contribution in [0.5, 0.6) is 0 Å². The van der Waals surface area contributed by atoms with Crippen molar-refractivity contribution in [1.82, 2.24) is 15.6 Å². The van der Waals surface area contributed by atoms with Gasteiger partial charge in [0.05, 0.1) is 17.7 Å². The van der Waals surface area contributed by atoms with Crippen molar-refractivity contribution < 1.29 is 9.59 Å². The largest absolute Gasteiger partial charge is 0.349 e. The first-order chi connectivity index (χ1) is 7.25. The summed E-state index contributed by atoms with van der Waals surface area (Å²) < 4.78 is 0. The fourth-order valence-corrected chi connectivity index (χ4v) is 1.99. The van der Waals surface area contributed by atoms with E-state index >= 15 is 0 Å². The second kappa shape index (κ2) is 4.39. The van der Waals surface area contributed by atoms with Crippen LogP contribution in [0.15, 0.2) is 10.9 Å². The van der Waals surface area contributed by atoms with Crippen LogP contribution in [-0.4, -0.2) is 22.8 Å². The van der Waals surface area contributed by atoms with Crippen LogP contribution in [0, 0.1) is 0 Å². The van der Waals surface area contributed by atoms with Gasteiger partial charge in [0.15, 0.2) is 0 Å². The van der Waals surface area contributed by atoms with E-state index in [4.69, 9.17) is 0 Å². The summed E-state index contributed by atoms with van der Waals surface area (Å²) in [5, 5.41) is 7.24. The van der Waals surface area contributed by atoms with E-state index in [0.717, 1.165) is 5.69 Å². The number of carbonyl (C=O) groups is 2. The average Bonchev–Trinajstić information content (AvgIpc) is 2.84. The minimum atomic E-state index is -0.365. The Labute approximate surface area is 90.9 Å². The summed E-state index contributed by atoms with van der Waals surface area (Å²) in [5.74, 6) is -0.183. The summed E-state index contributed by atoms with van der Waals surface area (Å²) in [4.78, 5) is 26.5. The van der Waals surface area contributed by atoms with Crippen molar-refractivity contribution in [1.29, 1.82) is 0 Å². The van der Waals surface area contributed by atoms with Crippen LogP contribution in [0.4, 0.5) is 0 Å². The molecule has 2 rings (SSSR count). The predicted octanol–water partition coefficient (Wildman–Crippen LogP) is 0.0379. The third-order valence-electron chi connectivity index (χ3n) is 2.24. The zero-order chi connectivity index (χ0) is 10.7. The molecule has 5 nitrogen and oxygen atoms in total. The van der Waals surface area contributed by atoms with Gasteiger partial charge in [0, 0.05) is 11.8 Å². The first kappa shape index (κ1) is 10.1. The average molecular weight is 225 g/mol. The minimum Gasteiger partial charge on any atom is -0.349 e. The molecule has 15 heavy (non-hydrogen) atoms. The number of thiazole rings is 1. The van der Waals surface area contributed by atoms with Gasteiger partial charge in [-0.3, -0.25) is 9.59 Å². The molecule has 6 heteroatoms. The molecule has 0 radical (unpaired) electrons. The molecule has 1 fully saturated rings. The zero-order valence-electron chi connectivity index (χ0n) is 8.03. The summed E-state index contributed by atoms with van der Waals surface area (Å²) in [6.07, 6.45) is 1.02. The number of aromatic nitrogens is 1. The Morgan fingerprint density at radius 1 is 1.73 bits per heavy atom. The maximum absolute atomic E-state index is 11.5. The second-order valence-corrected chi connectivity index (χ2v) is 4.08. The van der Waals surface area contributed by atoms with Crippen molar-refractivity contribution in [3.8, 4) is 0 Å². The van der Waals surface area contributed by atoms with E-state index in [-0.39, 0.29) is 17.9 Å². The lowest BCUT2D eigenvalue weighted by molar-refractivity contribution is -0.125. The lowest BCUT2D eigenvalue weighted by Crippen LogP contribution is -2.41. The summed E-state index contributed by atoms with van der Waals surface area (Å²) >= 11 is 1.49. The molecule has 0 aliphatic carbocycles. The van der Waals surface area contributed by atoms with Gasteiger partial charge >= 0.3 is 0 Å². The number of rotatable bonds is 3. The van der Waals surface area contributed by atoms with E-state index in [1.54, 1.807) is 5.51 Å². The number of carbonyl (C=O) groups excluding carboxylic acids is 2. The second-order valence-electron chi connectivity index (χ2n) is 3.36. The molecule has 1 aromatic heterocycles. The Morgan fingerprint density at radius 2 is 2.60 bits per heavy atom. The Bertz CT molecular complexity index is 363. The van der Waals surface area contributed by atoms with Gasteiger partial charge in [-0.05, 0) is 6.42 Å². The normalized spacial score (nSPS) is 20.0. The van der Waals surface area contributed by atoms with Gasteiger partial charge in [-0.2, -0.15) is 0 Å². The predicted molar refractivity (Wildman–Crippen MR) is 55.1 cm³/mol. The van der Waals surface area contributed by atoms with E-state index < -0.39 is 0 Å². The highest BCUT2D eigenvalue weighted by molar-refractivity contribution is 7.07. The molecule has 2 heterocycles. The van der Waals surface area contributed by atoms with Crippen LogP contribution in [0.3, 0.4) is 0 Å². The summed E-state index contributed by atoms with van der Waals surface area (Å²) in [6.45, 7) is 0.425. The molecule has 2 N–H and O–H groups in total. The van der Waals surface area contributed by atoms with Crippen LogP contribution >= 0.6 is 11.3 Å². The molecule has 1 aliphatic rings. The Hall–Kier alpha value is -1.43. The Kier molecular flexibility index (Phi) is 2.96. The number of nitrogens with one attached hydrogen (secondary N) is 2. The van der Waals surface area contributed by atoms with Crippen LogP contribution in [-0.2, 0) is 16.1 Å². The van der Waals surface area contributed by atoms with Crippen LogP contribution in [0.2, 0.25) is 0 Å². The van der Waals surface area contributed by atoms with E-state index in [1.165, 1.54) is 11.3 Å². The Morgan fingerprint density at radius 3 is 3.20 bits per heavy atom. The molecule has 0 bridgehead atoms. The third kappa shape index (κ3) is 2.53. The highest BCUT2D eigenvalue weighted by atomic mass is 32.1. The van der Waals surface area contributed by atoms with Crippen LogP contribution in [0.1, 0.15) is 18.5 Å². The van der Waals surface area contributed by atoms with Crippen molar-refractivity contribution in [3.05, 3.63) is 16.6 Å². The van der Waals surface area contributed by atoms with Gasteiger partial charge in [0.2, 0.25) is 11.8 Å². The van der Waals surface area contributed by atoms with Crippen molar-refractivity contribution in [2.24, 2.45) is 0 Å². The van der Waals surface area contributed by atoms with Crippen LogP contribution < -0.4 is 10.6 Å². The maximum atomic E-state index is 11.5. The van der Waals surface area contributed by atoms with Gasteiger partial charge in [0.25, 0.3) is 0 Å². The van der Waals surface area contributed by atoms with Gasteiger partial charge in [-0.1, -0.05) is 0 Å². The SMILES string of the molecule is O=C1CCC(C(=O)NCc2cscn2)N1. The first-order valence-electron chi connectivity index (χ1n) is 4.70. The molecule has 0 saturated carbocycles. The molecule has 1 atom stereocenters. The van der Waals surface area contributed by atoms with Gasteiger partial charge in [-0.15, -0.1) is 11.3 Å². The smallest absolute Gasteiger partial charge is 0.242 e. The van der Waals surface area contributed by atoms with Crippen molar-refractivity contribution >= 4 is 23.2 Å². The van der Waals surface area contributed by atoms with Crippen LogP contribution in [0.25, 0.3) is 0 Å². The Balaban J connectivity index is 1.80. The monoisotopic (exact) mass is 225 g/mol. The van der Waals surface area contributed by atoms with Gasteiger partial charge in [0.1, 0.15) is 6.04 Å². The molecule has 1 aliphatic heterocycles. The lowest BCUT2D eigenvalue weighted by atomic mass is 10.2. The molecule has 0 spiro atoms. The minimum absolute atomic E-state index is 0.0520. The van der Waals surface area contributed by atoms with Crippen molar-refractivity contribution in [2.75, 3.05) is 0 Å². The summed E-state index contributed by atoms with van der Waals surface area (Å²) in [7, 11) is 0. The van der Waals surface area contributed by atoms with Gasteiger partial charge < -0.3 is 10.6 Å². The summed E-state index contributed by atoms with van der Waals surface area (Å²) in [6, 6.07) is -0.365. The number of amides is 2. The number of hydrogen-bond acceptors (Lipinski definition) is 4. The number of hydrogen-bond donors (Lipinski definition) is 2. The highest BCUT2D eigenvalue weighted by Crippen LogP contribution is 2.07. The number of nitrogens with zero attached hydrogens (tertiary/aromatic N) is 1. The first-order valence-corrected chi connectivity index (χ1v) is 5.64. The third-order valence-corrected chi connectivity index (χ3v) is 2.87. The molecule has 80 valence electrons. The van der Waals surface area contributed by atoms with E-state index in [9.17, 15) is 9.59 Å². The highest BCUT2D eigenvalue weighted by Gasteiger charge is 2.26. The fourth-order valence-electron chi connectivity index (χ4n) is 1.44. The van der Waals surface area contributed by atoms with Crippen molar-refractivity contribution in [2.45, 2.75) is 25.4 Å². The maximum Gasteiger partial charge on any atom is 0.242 e. The molecule has 0 aromatic carbocycles. The van der Waals surface area contributed by atoms with E-state index in [1.807, 2.05) is 5.38 Å². The molecular formula is C9H11N3O2S. The fraction of sp³-hybridized carbons (Fsp3) is 0.444. The standard InChI is InChI=1S/C9H11N3O2S/c13-8-2-1-7(12-8)9(14)10-3-6-4-15-5-11-6/h4-5,7H,1-3H2,(H,10,14)(H,12,13). The lowest BCUT2D eigenvalue weighted by Gasteiger charge is -2.09. The zero-order valence-corrected chi connectivity index (χ0v) is 8.84. The molecule has 1 aromatic rings. The van der Waals surface area contributed by atoms with Crippen molar-refractivity contribution in [3.63, 3.8) is 0 Å². The molecular weight excluding hydrogens is 214 g/mol. The molecule has 1 unspecified atom stereocenters. The van der Waals surface area contributed by atoms with E-state index in [0.29, 0.717) is 19.4 Å².